The second kappa shape index (κ2) is 6.29. The van der Waals surface area contributed by atoms with Crippen molar-refractivity contribution in [1.82, 2.24) is 0 Å². The summed E-state index contributed by atoms with van der Waals surface area (Å²) >= 11 is 1.74. The van der Waals surface area contributed by atoms with E-state index in [9.17, 15) is 0 Å². The molecule has 1 aromatic heterocycles. The average Bonchev–Trinajstić information content (AvgIpc) is 2.64. The third-order valence-corrected chi connectivity index (χ3v) is 3.48. The van der Waals surface area contributed by atoms with E-state index >= 15 is 0 Å². The average molecular weight is 230 g/mol. The Balaban J connectivity index is 3.38. The van der Waals surface area contributed by atoms with Gasteiger partial charge in [0.1, 0.15) is 0 Å². The second-order valence-electron chi connectivity index (χ2n) is 3.38. The van der Waals surface area contributed by atoms with Crippen LogP contribution in [0.25, 0.3) is 24.3 Å². The molecule has 0 N–H and O–H groups in total. The Morgan fingerprint density at radius 2 is 1.62 bits per heavy atom. The van der Waals surface area contributed by atoms with E-state index in [-0.39, 0.29) is 0 Å². The third kappa shape index (κ3) is 2.61. The molecular formula is C15H18S. The summed E-state index contributed by atoms with van der Waals surface area (Å²) in [4.78, 5) is 2.43. The molecule has 0 nitrogen and oxygen atoms in total. The molecule has 1 heteroatoms. The van der Waals surface area contributed by atoms with Crippen molar-refractivity contribution in [3.05, 3.63) is 46.2 Å². The molecule has 1 aromatic rings. The van der Waals surface area contributed by atoms with Crippen molar-refractivity contribution in [2.24, 2.45) is 0 Å². The van der Waals surface area contributed by atoms with Crippen molar-refractivity contribution in [1.29, 1.82) is 0 Å². The number of hydrogen-bond donors (Lipinski definition) is 0. The Morgan fingerprint density at radius 1 is 1.06 bits per heavy atom. The molecule has 0 amide bonds. The highest BCUT2D eigenvalue weighted by atomic mass is 32.1. The highest BCUT2D eigenvalue weighted by molar-refractivity contribution is 7.14. The van der Waals surface area contributed by atoms with Crippen LogP contribution < -0.4 is 0 Å². The lowest BCUT2D eigenvalue weighted by Gasteiger charge is -1.96. The van der Waals surface area contributed by atoms with Crippen LogP contribution in [0.4, 0.5) is 0 Å². The predicted octanol–water partition coefficient (Wildman–Crippen LogP) is 5.49. The molecule has 0 aliphatic rings. The van der Waals surface area contributed by atoms with E-state index in [1.165, 1.54) is 20.9 Å². The van der Waals surface area contributed by atoms with E-state index in [0.29, 0.717) is 0 Å². The lowest BCUT2D eigenvalue weighted by Crippen LogP contribution is -1.78. The number of rotatable bonds is 5. The molecule has 0 fully saturated rings. The molecule has 0 aliphatic heterocycles. The first kappa shape index (κ1) is 12.7. The standard InChI is InChI=1S/C15H18S/c1-5-9-11-13-12(10-6-2)14(7-3)16-15(13)8-4/h6-11H,3-5H2,1-2H3/b10-6-,11-9-. The smallest absolute Gasteiger partial charge is 0.0349 e. The van der Waals surface area contributed by atoms with Crippen molar-refractivity contribution < 1.29 is 0 Å². The summed E-state index contributed by atoms with van der Waals surface area (Å²) in [6, 6.07) is 0. The van der Waals surface area contributed by atoms with Crippen molar-refractivity contribution in [2.45, 2.75) is 20.3 Å². The van der Waals surface area contributed by atoms with E-state index in [2.05, 4.69) is 44.4 Å². The van der Waals surface area contributed by atoms with Gasteiger partial charge in [0.05, 0.1) is 0 Å². The minimum absolute atomic E-state index is 1.05. The zero-order valence-electron chi connectivity index (χ0n) is 9.99. The number of allylic oxidation sites excluding steroid dienone is 2. The van der Waals surface area contributed by atoms with Gasteiger partial charge in [-0.2, -0.15) is 0 Å². The van der Waals surface area contributed by atoms with Gasteiger partial charge in [0, 0.05) is 9.75 Å². The fourth-order valence-corrected chi connectivity index (χ4v) is 2.52. The van der Waals surface area contributed by atoms with Gasteiger partial charge < -0.3 is 0 Å². The Labute approximate surface area is 102 Å². The van der Waals surface area contributed by atoms with Crippen LogP contribution in [0.15, 0.2) is 25.3 Å². The molecule has 0 radical (unpaired) electrons. The Bertz CT molecular complexity index is 431. The van der Waals surface area contributed by atoms with E-state index in [4.69, 9.17) is 0 Å². The minimum atomic E-state index is 1.05. The van der Waals surface area contributed by atoms with Crippen LogP contribution >= 0.6 is 11.3 Å². The van der Waals surface area contributed by atoms with Gasteiger partial charge in [-0.15, -0.1) is 11.3 Å². The van der Waals surface area contributed by atoms with E-state index in [0.717, 1.165) is 6.42 Å². The summed E-state index contributed by atoms with van der Waals surface area (Å²) in [6.07, 6.45) is 13.4. The highest BCUT2D eigenvalue weighted by Gasteiger charge is 2.09. The van der Waals surface area contributed by atoms with Crippen molar-refractivity contribution in [3.63, 3.8) is 0 Å². The third-order valence-electron chi connectivity index (χ3n) is 2.27. The van der Waals surface area contributed by atoms with E-state index in [1.54, 1.807) is 11.3 Å². The second-order valence-corrected chi connectivity index (χ2v) is 4.46. The summed E-state index contributed by atoms with van der Waals surface area (Å²) in [6.45, 7) is 11.9. The first-order valence-electron chi connectivity index (χ1n) is 5.49. The van der Waals surface area contributed by atoms with E-state index in [1.807, 2.05) is 19.1 Å². The van der Waals surface area contributed by atoms with Crippen molar-refractivity contribution in [3.8, 4) is 0 Å². The van der Waals surface area contributed by atoms with Gasteiger partial charge in [0.2, 0.25) is 0 Å². The molecule has 1 heterocycles. The summed E-state index contributed by atoms with van der Waals surface area (Å²) in [5.74, 6) is 0. The van der Waals surface area contributed by atoms with Crippen LogP contribution in [-0.4, -0.2) is 0 Å². The first-order chi connectivity index (χ1) is 7.78. The maximum Gasteiger partial charge on any atom is 0.0349 e. The van der Waals surface area contributed by atoms with Gasteiger partial charge in [-0.3, -0.25) is 0 Å². The monoisotopic (exact) mass is 230 g/mol. The zero-order valence-corrected chi connectivity index (χ0v) is 10.8. The highest BCUT2D eigenvalue weighted by Crippen LogP contribution is 2.32. The summed E-state index contributed by atoms with van der Waals surface area (Å²) in [5.41, 5.74) is 2.51. The normalized spacial score (nSPS) is 11.4. The molecule has 0 saturated carbocycles. The van der Waals surface area contributed by atoms with Crippen LogP contribution in [0.5, 0.6) is 0 Å². The van der Waals surface area contributed by atoms with Crippen LogP contribution in [0.2, 0.25) is 0 Å². The maximum atomic E-state index is 3.87. The number of thiophene rings is 1. The Hall–Kier alpha value is -1.34. The zero-order chi connectivity index (χ0) is 12.0. The van der Waals surface area contributed by atoms with Gasteiger partial charge in [-0.05, 0) is 24.5 Å². The maximum absolute atomic E-state index is 3.87. The molecule has 0 saturated heterocycles. The van der Waals surface area contributed by atoms with Crippen LogP contribution in [0.1, 0.15) is 41.1 Å². The molecule has 0 atom stereocenters. The largest absolute Gasteiger partial charge is 0.135 e. The number of hydrogen-bond acceptors (Lipinski definition) is 1. The molecule has 16 heavy (non-hydrogen) atoms. The fourth-order valence-electron chi connectivity index (χ4n) is 1.54. The topological polar surface area (TPSA) is 0 Å². The summed E-state index contributed by atoms with van der Waals surface area (Å²) in [7, 11) is 0. The molecule has 0 bridgehead atoms. The van der Waals surface area contributed by atoms with Gasteiger partial charge >= 0.3 is 0 Å². The predicted molar refractivity (Wildman–Crippen MR) is 78.5 cm³/mol. The summed E-state index contributed by atoms with van der Waals surface area (Å²) in [5, 5.41) is 0. The molecular weight excluding hydrogens is 212 g/mol. The molecule has 0 aliphatic carbocycles. The molecule has 1 rings (SSSR count). The lowest BCUT2D eigenvalue weighted by atomic mass is 10.1. The quantitative estimate of drug-likeness (QED) is 0.627. The van der Waals surface area contributed by atoms with Gasteiger partial charge in [0.25, 0.3) is 0 Å². The van der Waals surface area contributed by atoms with Gasteiger partial charge in [-0.1, -0.05) is 56.5 Å². The van der Waals surface area contributed by atoms with E-state index < -0.39 is 0 Å². The van der Waals surface area contributed by atoms with Crippen LogP contribution in [-0.2, 0) is 0 Å². The lowest BCUT2D eigenvalue weighted by molar-refractivity contribution is 1.23. The van der Waals surface area contributed by atoms with Crippen LogP contribution in [0.3, 0.4) is 0 Å². The van der Waals surface area contributed by atoms with Gasteiger partial charge in [0.15, 0.2) is 0 Å². The molecule has 0 aromatic carbocycles. The van der Waals surface area contributed by atoms with Crippen molar-refractivity contribution >= 4 is 35.6 Å². The Kier molecular flexibility index (Phi) is 5.00. The molecule has 84 valence electrons. The first-order valence-corrected chi connectivity index (χ1v) is 6.31. The summed E-state index contributed by atoms with van der Waals surface area (Å²) < 4.78 is 0. The molecule has 0 spiro atoms. The van der Waals surface area contributed by atoms with Crippen LogP contribution in [0, 0.1) is 0 Å². The Morgan fingerprint density at radius 3 is 2.06 bits per heavy atom. The minimum Gasteiger partial charge on any atom is -0.135 e. The van der Waals surface area contributed by atoms with Gasteiger partial charge in [-0.25, -0.2) is 0 Å². The fraction of sp³-hybridized carbons (Fsp3) is 0.200. The molecule has 0 unspecified atom stereocenters. The van der Waals surface area contributed by atoms with Crippen molar-refractivity contribution in [2.75, 3.05) is 0 Å². The SMILES string of the molecule is C=Cc1sc(C=C)c(/C=C\CC)c1/C=C\C.